The number of furan rings is 1. The summed E-state index contributed by atoms with van der Waals surface area (Å²) in [5.41, 5.74) is 3.48. The van der Waals surface area contributed by atoms with Crippen molar-refractivity contribution in [2.24, 2.45) is 0 Å². The van der Waals surface area contributed by atoms with Gasteiger partial charge in [-0.15, -0.1) is 0 Å². The quantitative estimate of drug-likeness (QED) is 0.494. The second-order valence-corrected chi connectivity index (χ2v) is 8.56. The number of carbonyl (C=O) groups is 2. The smallest absolute Gasteiger partial charge is 0.414 e. The molecule has 0 spiro atoms. The van der Waals surface area contributed by atoms with Gasteiger partial charge in [-0.1, -0.05) is 12.1 Å². The fourth-order valence-electron chi connectivity index (χ4n) is 4.10. The maximum absolute atomic E-state index is 15.2. The van der Waals surface area contributed by atoms with Gasteiger partial charge in [0, 0.05) is 36.7 Å². The topological polar surface area (TPSA) is 84.2 Å². The molecule has 35 heavy (non-hydrogen) atoms. The molecule has 0 saturated carbocycles. The minimum atomic E-state index is -0.575. The van der Waals surface area contributed by atoms with Crippen molar-refractivity contribution in [3.05, 3.63) is 71.9 Å². The third-order valence-corrected chi connectivity index (χ3v) is 5.76. The summed E-state index contributed by atoms with van der Waals surface area (Å²) in [6.07, 6.45) is 2.30. The number of hydrogen-bond acceptors (Lipinski definition) is 6. The van der Waals surface area contributed by atoms with Gasteiger partial charge in [-0.25, -0.2) is 9.18 Å². The Hall–Kier alpha value is -3.85. The summed E-state index contributed by atoms with van der Waals surface area (Å²) in [6.45, 7) is 3.24. The maximum atomic E-state index is 15.2. The first-order chi connectivity index (χ1) is 16.8. The van der Waals surface area contributed by atoms with Crippen LogP contribution in [-0.4, -0.2) is 50.3 Å². The van der Waals surface area contributed by atoms with E-state index in [1.165, 1.54) is 17.9 Å². The molecule has 1 aromatic heterocycles. The number of cyclic esters (lactones) is 1. The van der Waals surface area contributed by atoms with Crippen LogP contribution in [0.5, 0.6) is 5.75 Å². The van der Waals surface area contributed by atoms with Crippen LogP contribution in [-0.2, 0) is 22.6 Å². The van der Waals surface area contributed by atoms with Crippen molar-refractivity contribution in [2.45, 2.75) is 26.1 Å². The Morgan fingerprint density at radius 3 is 2.63 bits per heavy atom. The van der Waals surface area contributed by atoms with Crippen molar-refractivity contribution in [2.75, 3.05) is 32.1 Å². The molecular formula is C26H28FN3O5. The highest BCUT2D eigenvalue weighted by molar-refractivity contribution is 5.90. The Kier molecular flexibility index (Phi) is 7.36. The van der Waals surface area contributed by atoms with E-state index in [1.807, 2.05) is 31.3 Å². The highest BCUT2D eigenvalue weighted by Crippen LogP contribution is 2.35. The summed E-state index contributed by atoms with van der Waals surface area (Å²) in [7, 11) is 3.56. The zero-order valence-corrected chi connectivity index (χ0v) is 19.9. The van der Waals surface area contributed by atoms with E-state index >= 15 is 4.39 Å². The molecule has 1 fully saturated rings. The van der Waals surface area contributed by atoms with E-state index < -0.39 is 18.0 Å². The lowest BCUT2D eigenvalue weighted by Crippen LogP contribution is -2.33. The number of anilines is 1. The molecule has 0 bridgehead atoms. The van der Waals surface area contributed by atoms with Gasteiger partial charge in [0.15, 0.2) is 0 Å². The Morgan fingerprint density at radius 1 is 1.17 bits per heavy atom. The molecule has 1 saturated heterocycles. The lowest BCUT2D eigenvalue weighted by atomic mass is 10.0. The van der Waals surface area contributed by atoms with Crippen LogP contribution in [0.3, 0.4) is 0 Å². The summed E-state index contributed by atoms with van der Waals surface area (Å²) in [5.74, 6) is -0.134. The van der Waals surface area contributed by atoms with E-state index in [4.69, 9.17) is 13.9 Å². The average Bonchev–Trinajstić information content (AvgIpc) is 3.47. The molecule has 2 aromatic carbocycles. The predicted octanol–water partition coefficient (Wildman–Crippen LogP) is 4.19. The van der Waals surface area contributed by atoms with E-state index in [2.05, 4.69) is 10.2 Å². The number of methoxy groups -OCH3 is 1. The number of ether oxygens (including phenoxy) is 2. The number of halogens is 1. The third kappa shape index (κ3) is 5.81. The van der Waals surface area contributed by atoms with Crippen molar-refractivity contribution < 1.29 is 27.9 Å². The molecule has 4 rings (SSSR count). The highest BCUT2D eigenvalue weighted by Gasteiger charge is 2.32. The van der Waals surface area contributed by atoms with Crippen LogP contribution in [0.15, 0.2) is 59.4 Å². The largest absolute Gasteiger partial charge is 0.496 e. The van der Waals surface area contributed by atoms with Gasteiger partial charge in [-0.2, -0.15) is 0 Å². The van der Waals surface area contributed by atoms with Gasteiger partial charge in [0.2, 0.25) is 5.91 Å². The molecule has 1 aliphatic rings. The van der Waals surface area contributed by atoms with Gasteiger partial charge >= 0.3 is 6.09 Å². The van der Waals surface area contributed by atoms with Crippen molar-refractivity contribution in [1.29, 1.82) is 0 Å². The molecule has 2 amide bonds. The monoisotopic (exact) mass is 481 g/mol. The molecule has 2 heterocycles. The number of rotatable bonds is 9. The van der Waals surface area contributed by atoms with E-state index in [0.29, 0.717) is 29.1 Å². The molecule has 8 nitrogen and oxygen atoms in total. The average molecular weight is 482 g/mol. The standard InChI is InChI=1S/C26H28FN3O5/c1-17(31)28-12-21-15-30(26(32)35-21)20-5-7-22(24(27)11-20)23-6-4-18(10-25(23)33-3)13-29(2)14-19-8-9-34-16-19/h4-11,16,21H,12-15H2,1-3H3,(H,28,31)/t21-/m0/s1. The van der Waals surface area contributed by atoms with Gasteiger partial charge < -0.3 is 19.2 Å². The normalized spacial score (nSPS) is 15.4. The molecule has 0 radical (unpaired) electrons. The van der Waals surface area contributed by atoms with Gasteiger partial charge in [0.05, 0.1) is 38.4 Å². The zero-order chi connectivity index (χ0) is 24.9. The van der Waals surface area contributed by atoms with Crippen molar-refractivity contribution in [1.82, 2.24) is 10.2 Å². The molecule has 3 aromatic rings. The number of nitrogens with zero attached hydrogens (tertiary/aromatic N) is 2. The Bertz CT molecular complexity index is 1200. The number of benzene rings is 2. The lowest BCUT2D eigenvalue weighted by molar-refractivity contribution is -0.119. The molecule has 0 unspecified atom stereocenters. The number of hydrogen-bond donors (Lipinski definition) is 1. The minimum Gasteiger partial charge on any atom is -0.496 e. The Balaban J connectivity index is 1.48. The van der Waals surface area contributed by atoms with Gasteiger partial charge in [0.25, 0.3) is 0 Å². The van der Waals surface area contributed by atoms with Crippen LogP contribution in [0, 0.1) is 5.82 Å². The van der Waals surface area contributed by atoms with E-state index in [9.17, 15) is 9.59 Å². The highest BCUT2D eigenvalue weighted by atomic mass is 19.1. The number of amides is 2. The minimum absolute atomic E-state index is 0.207. The molecule has 1 aliphatic heterocycles. The summed E-state index contributed by atoms with van der Waals surface area (Å²) in [4.78, 5) is 26.9. The number of carbonyl (C=O) groups excluding carboxylic acids is 2. The van der Waals surface area contributed by atoms with Crippen molar-refractivity contribution in [3.8, 4) is 16.9 Å². The van der Waals surface area contributed by atoms with Crippen LogP contribution in [0.2, 0.25) is 0 Å². The molecule has 1 atom stereocenters. The van der Waals surface area contributed by atoms with Crippen LogP contribution in [0.1, 0.15) is 18.1 Å². The van der Waals surface area contributed by atoms with Gasteiger partial charge in [-0.3, -0.25) is 14.6 Å². The first-order valence-electron chi connectivity index (χ1n) is 11.2. The molecule has 0 aliphatic carbocycles. The Morgan fingerprint density at radius 2 is 1.94 bits per heavy atom. The molecule has 1 N–H and O–H groups in total. The third-order valence-electron chi connectivity index (χ3n) is 5.76. The van der Waals surface area contributed by atoms with Gasteiger partial charge in [0.1, 0.15) is 17.7 Å². The molecular weight excluding hydrogens is 453 g/mol. The second-order valence-electron chi connectivity index (χ2n) is 8.56. The van der Waals surface area contributed by atoms with E-state index in [1.54, 1.807) is 31.8 Å². The first kappa shape index (κ1) is 24.3. The molecule has 9 heteroatoms. The van der Waals surface area contributed by atoms with Crippen LogP contribution < -0.4 is 15.0 Å². The van der Waals surface area contributed by atoms with Gasteiger partial charge in [-0.05, 0) is 42.9 Å². The van der Waals surface area contributed by atoms with Crippen molar-refractivity contribution in [3.63, 3.8) is 0 Å². The summed E-state index contributed by atoms with van der Waals surface area (Å²) in [5, 5.41) is 2.62. The number of nitrogens with one attached hydrogen (secondary N) is 1. The zero-order valence-electron chi connectivity index (χ0n) is 19.9. The van der Waals surface area contributed by atoms with E-state index in [0.717, 1.165) is 17.7 Å². The summed E-state index contributed by atoms with van der Waals surface area (Å²) < 4.78 is 31.2. The van der Waals surface area contributed by atoms with Crippen LogP contribution in [0.4, 0.5) is 14.9 Å². The summed E-state index contributed by atoms with van der Waals surface area (Å²) >= 11 is 0. The maximum Gasteiger partial charge on any atom is 0.414 e. The first-order valence-corrected chi connectivity index (χ1v) is 11.2. The van der Waals surface area contributed by atoms with Crippen molar-refractivity contribution >= 4 is 17.7 Å². The lowest BCUT2D eigenvalue weighted by Gasteiger charge is -2.18. The second kappa shape index (κ2) is 10.6. The summed E-state index contributed by atoms with van der Waals surface area (Å²) in [6, 6.07) is 12.2. The fourth-order valence-corrected chi connectivity index (χ4v) is 4.10. The van der Waals surface area contributed by atoms with Crippen LogP contribution >= 0.6 is 0 Å². The van der Waals surface area contributed by atoms with Crippen LogP contribution in [0.25, 0.3) is 11.1 Å². The SMILES string of the molecule is COc1cc(CN(C)Cc2ccoc2)ccc1-c1ccc(N2C[C@H](CNC(C)=O)OC2=O)cc1F. The Labute approximate surface area is 203 Å². The fraction of sp³-hybridized carbons (Fsp3) is 0.308. The molecule has 184 valence electrons. The predicted molar refractivity (Wildman–Crippen MR) is 129 cm³/mol. The van der Waals surface area contributed by atoms with E-state index in [-0.39, 0.29) is 19.0 Å².